The molecule has 0 bridgehead atoms. The highest BCUT2D eigenvalue weighted by atomic mass is 16.5. The van der Waals surface area contributed by atoms with Gasteiger partial charge >= 0.3 is 0 Å². The van der Waals surface area contributed by atoms with Crippen LogP contribution in [0.2, 0.25) is 0 Å². The van der Waals surface area contributed by atoms with Crippen LogP contribution >= 0.6 is 0 Å². The third-order valence-electron chi connectivity index (χ3n) is 3.51. The molecule has 2 saturated heterocycles. The predicted molar refractivity (Wildman–Crippen MR) is 61.4 cm³/mol. The van der Waals surface area contributed by atoms with Crippen molar-refractivity contribution < 1.29 is 14.3 Å². The monoisotopic (exact) mass is 226 g/mol. The summed E-state index contributed by atoms with van der Waals surface area (Å²) in [4.78, 5) is 11.8. The molecule has 0 radical (unpaired) electrons. The zero-order valence-electron chi connectivity index (χ0n) is 9.95. The van der Waals surface area contributed by atoms with Gasteiger partial charge in [0.1, 0.15) is 6.10 Å². The number of carbonyl (C=O) groups excluding carboxylic acids is 1. The largest absolute Gasteiger partial charge is 0.378 e. The Morgan fingerprint density at radius 1 is 1.06 bits per heavy atom. The van der Waals surface area contributed by atoms with Crippen LogP contribution in [-0.4, -0.2) is 31.2 Å². The summed E-state index contributed by atoms with van der Waals surface area (Å²) >= 11 is 0. The molecule has 16 heavy (non-hydrogen) atoms. The smallest absolute Gasteiger partial charge is 0.161 e. The fourth-order valence-corrected chi connectivity index (χ4v) is 2.53. The molecule has 0 saturated carbocycles. The summed E-state index contributed by atoms with van der Waals surface area (Å²) in [6.07, 6.45) is 8.53. The van der Waals surface area contributed by atoms with E-state index < -0.39 is 0 Å². The number of ketones is 1. The molecule has 2 aliphatic heterocycles. The number of hydrogen-bond acceptors (Lipinski definition) is 3. The number of Topliss-reactive ketones (excluding diaryl/α,β-unsaturated/α-hetero) is 1. The molecule has 0 N–H and O–H groups in total. The molecule has 0 aromatic rings. The summed E-state index contributed by atoms with van der Waals surface area (Å²) in [5, 5.41) is 0. The second-order valence-electron chi connectivity index (χ2n) is 4.85. The molecule has 0 amide bonds. The fourth-order valence-electron chi connectivity index (χ4n) is 2.53. The Balaban J connectivity index is 1.59. The summed E-state index contributed by atoms with van der Waals surface area (Å²) < 4.78 is 11.0. The standard InChI is InChI=1S/C13H22O3/c14-12(13-8-1-2-9-16-13)7-3-5-11-6-4-10-15-11/h11,13H,1-10H2. The highest BCUT2D eigenvalue weighted by molar-refractivity contribution is 5.83. The highest BCUT2D eigenvalue weighted by Gasteiger charge is 2.22. The van der Waals surface area contributed by atoms with E-state index in [0.29, 0.717) is 18.3 Å². The quantitative estimate of drug-likeness (QED) is 0.722. The minimum Gasteiger partial charge on any atom is -0.378 e. The molecule has 2 fully saturated rings. The van der Waals surface area contributed by atoms with Gasteiger partial charge in [0.25, 0.3) is 0 Å². The Labute approximate surface area is 97.5 Å². The fraction of sp³-hybridized carbons (Fsp3) is 0.923. The van der Waals surface area contributed by atoms with Crippen molar-refractivity contribution in [1.82, 2.24) is 0 Å². The Morgan fingerprint density at radius 2 is 1.94 bits per heavy atom. The molecule has 92 valence electrons. The minimum absolute atomic E-state index is 0.0988. The topological polar surface area (TPSA) is 35.5 Å². The van der Waals surface area contributed by atoms with E-state index in [-0.39, 0.29) is 6.10 Å². The Morgan fingerprint density at radius 3 is 2.62 bits per heavy atom. The van der Waals surface area contributed by atoms with Crippen LogP contribution in [-0.2, 0) is 14.3 Å². The van der Waals surface area contributed by atoms with Crippen LogP contribution in [0.15, 0.2) is 0 Å². The first-order chi connectivity index (χ1) is 7.86. The van der Waals surface area contributed by atoms with E-state index in [0.717, 1.165) is 45.3 Å². The Bertz CT molecular complexity index is 215. The van der Waals surface area contributed by atoms with E-state index in [9.17, 15) is 4.79 Å². The lowest BCUT2D eigenvalue weighted by molar-refractivity contribution is -0.133. The third kappa shape index (κ3) is 3.56. The van der Waals surface area contributed by atoms with Crippen molar-refractivity contribution >= 4 is 5.78 Å². The first-order valence-electron chi connectivity index (χ1n) is 6.62. The molecule has 2 atom stereocenters. The summed E-state index contributed by atoms with van der Waals surface area (Å²) in [5.74, 6) is 0.303. The maximum atomic E-state index is 11.8. The average molecular weight is 226 g/mol. The molecule has 2 heterocycles. The van der Waals surface area contributed by atoms with Crippen LogP contribution in [0.3, 0.4) is 0 Å². The van der Waals surface area contributed by atoms with Crippen LogP contribution in [0.4, 0.5) is 0 Å². The molecular formula is C13H22O3. The zero-order valence-corrected chi connectivity index (χ0v) is 9.95. The summed E-state index contributed by atoms with van der Waals surface area (Å²) in [6.45, 7) is 1.67. The molecule has 2 unspecified atom stereocenters. The van der Waals surface area contributed by atoms with Crippen LogP contribution in [0.25, 0.3) is 0 Å². The van der Waals surface area contributed by atoms with Gasteiger partial charge in [-0.25, -0.2) is 0 Å². The minimum atomic E-state index is -0.0988. The van der Waals surface area contributed by atoms with Crippen molar-refractivity contribution in [1.29, 1.82) is 0 Å². The van der Waals surface area contributed by atoms with Crippen molar-refractivity contribution in [2.45, 2.75) is 63.6 Å². The predicted octanol–water partition coefficient (Wildman–Crippen LogP) is 2.47. The Kier molecular flexibility index (Phi) is 4.79. The number of rotatable bonds is 5. The zero-order chi connectivity index (χ0) is 11.2. The van der Waals surface area contributed by atoms with Crippen molar-refractivity contribution in [3.63, 3.8) is 0 Å². The van der Waals surface area contributed by atoms with Gasteiger partial charge < -0.3 is 9.47 Å². The molecule has 2 aliphatic rings. The molecule has 2 rings (SSSR count). The molecule has 3 nitrogen and oxygen atoms in total. The van der Waals surface area contributed by atoms with E-state index in [2.05, 4.69) is 0 Å². The van der Waals surface area contributed by atoms with E-state index in [1.165, 1.54) is 12.8 Å². The van der Waals surface area contributed by atoms with Gasteiger partial charge in [-0.05, 0) is 44.9 Å². The molecule has 0 spiro atoms. The van der Waals surface area contributed by atoms with Crippen molar-refractivity contribution in [3.05, 3.63) is 0 Å². The van der Waals surface area contributed by atoms with E-state index in [1.807, 2.05) is 0 Å². The molecule has 0 aliphatic carbocycles. The highest BCUT2D eigenvalue weighted by Crippen LogP contribution is 2.20. The normalized spacial score (nSPS) is 30.5. The van der Waals surface area contributed by atoms with Crippen LogP contribution in [0.5, 0.6) is 0 Å². The lowest BCUT2D eigenvalue weighted by Crippen LogP contribution is -2.28. The van der Waals surface area contributed by atoms with E-state index in [4.69, 9.17) is 9.47 Å². The second kappa shape index (κ2) is 6.36. The summed E-state index contributed by atoms with van der Waals surface area (Å²) in [5.41, 5.74) is 0. The van der Waals surface area contributed by atoms with Crippen LogP contribution in [0, 0.1) is 0 Å². The SMILES string of the molecule is O=C(CCCC1CCCO1)C1CCCCO1. The molecule has 0 aromatic heterocycles. The third-order valence-corrected chi connectivity index (χ3v) is 3.51. The molecule has 0 aromatic carbocycles. The average Bonchev–Trinajstić information content (AvgIpc) is 2.83. The second-order valence-corrected chi connectivity index (χ2v) is 4.85. The maximum absolute atomic E-state index is 11.8. The van der Waals surface area contributed by atoms with Gasteiger partial charge in [0, 0.05) is 19.6 Å². The van der Waals surface area contributed by atoms with Crippen molar-refractivity contribution in [3.8, 4) is 0 Å². The van der Waals surface area contributed by atoms with Crippen molar-refractivity contribution in [2.75, 3.05) is 13.2 Å². The van der Waals surface area contributed by atoms with Gasteiger partial charge in [0.15, 0.2) is 5.78 Å². The number of carbonyl (C=O) groups is 1. The molecule has 3 heteroatoms. The van der Waals surface area contributed by atoms with Gasteiger partial charge in [0.05, 0.1) is 6.10 Å². The van der Waals surface area contributed by atoms with E-state index in [1.54, 1.807) is 0 Å². The van der Waals surface area contributed by atoms with E-state index >= 15 is 0 Å². The maximum Gasteiger partial charge on any atom is 0.161 e. The number of hydrogen-bond donors (Lipinski definition) is 0. The lowest BCUT2D eigenvalue weighted by Gasteiger charge is -2.21. The summed E-state index contributed by atoms with van der Waals surface area (Å²) in [6, 6.07) is 0. The van der Waals surface area contributed by atoms with Gasteiger partial charge in [-0.1, -0.05) is 0 Å². The molecular weight excluding hydrogens is 204 g/mol. The Hall–Kier alpha value is -0.410. The van der Waals surface area contributed by atoms with Crippen LogP contribution < -0.4 is 0 Å². The van der Waals surface area contributed by atoms with Gasteiger partial charge in [-0.2, -0.15) is 0 Å². The van der Waals surface area contributed by atoms with Crippen LogP contribution in [0.1, 0.15) is 51.4 Å². The first-order valence-corrected chi connectivity index (χ1v) is 6.62. The first kappa shape index (κ1) is 12.1. The van der Waals surface area contributed by atoms with Crippen molar-refractivity contribution in [2.24, 2.45) is 0 Å². The van der Waals surface area contributed by atoms with Gasteiger partial charge in [-0.3, -0.25) is 4.79 Å². The number of ether oxygens (including phenoxy) is 2. The lowest BCUT2D eigenvalue weighted by atomic mass is 10.0. The summed E-state index contributed by atoms with van der Waals surface area (Å²) in [7, 11) is 0. The van der Waals surface area contributed by atoms with Gasteiger partial charge in [-0.15, -0.1) is 0 Å². The van der Waals surface area contributed by atoms with Gasteiger partial charge in [0.2, 0.25) is 0 Å².